The van der Waals surface area contributed by atoms with Gasteiger partial charge >= 0.3 is 0 Å². The standard InChI is InChI=1S/C13H16Cl2N4/c1-2-6-16-11(13-17-8-18-19-13)7-9-4-3-5-10(14)12(9)15/h3-5,8,11,16H,2,6-7H2,1H3,(H,17,18,19). The zero-order chi connectivity index (χ0) is 13.7. The molecule has 1 aromatic carbocycles. The molecule has 0 bridgehead atoms. The Balaban J connectivity index is 2.18. The van der Waals surface area contributed by atoms with Crippen LogP contribution in [0, 0.1) is 0 Å². The summed E-state index contributed by atoms with van der Waals surface area (Å²) in [5.74, 6) is 0.810. The number of aromatic nitrogens is 3. The summed E-state index contributed by atoms with van der Waals surface area (Å²) in [4.78, 5) is 4.21. The lowest BCUT2D eigenvalue weighted by atomic mass is 10.1. The Hall–Kier alpha value is -1.10. The SMILES string of the molecule is CCCNC(Cc1cccc(Cl)c1Cl)c1ncn[nH]1. The summed E-state index contributed by atoms with van der Waals surface area (Å²) in [7, 11) is 0. The second-order valence-corrected chi connectivity index (χ2v) is 5.08. The second kappa shape index (κ2) is 6.89. The van der Waals surface area contributed by atoms with Gasteiger partial charge in [0.15, 0.2) is 0 Å². The Labute approximate surface area is 122 Å². The largest absolute Gasteiger partial charge is 0.307 e. The summed E-state index contributed by atoms with van der Waals surface area (Å²) in [6.45, 7) is 3.03. The molecule has 0 saturated carbocycles. The highest BCUT2D eigenvalue weighted by atomic mass is 35.5. The highest BCUT2D eigenvalue weighted by Gasteiger charge is 2.16. The highest BCUT2D eigenvalue weighted by Crippen LogP contribution is 2.28. The molecule has 4 nitrogen and oxygen atoms in total. The van der Waals surface area contributed by atoms with E-state index in [1.165, 1.54) is 6.33 Å². The van der Waals surface area contributed by atoms with Crippen molar-refractivity contribution in [2.24, 2.45) is 0 Å². The lowest BCUT2D eigenvalue weighted by molar-refractivity contribution is 0.506. The summed E-state index contributed by atoms with van der Waals surface area (Å²) < 4.78 is 0. The van der Waals surface area contributed by atoms with Crippen molar-refractivity contribution in [3.63, 3.8) is 0 Å². The van der Waals surface area contributed by atoms with Crippen LogP contribution in [0.25, 0.3) is 0 Å². The van der Waals surface area contributed by atoms with Crippen molar-refractivity contribution in [3.05, 3.63) is 46.0 Å². The van der Waals surface area contributed by atoms with Crippen molar-refractivity contribution >= 4 is 23.2 Å². The molecule has 0 aliphatic rings. The van der Waals surface area contributed by atoms with Crippen LogP contribution in [0.5, 0.6) is 0 Å². The number of rotatable bonds is 6. The molecule has 0 aliphatic carbocycles. The number of hydrogen-bond acceptors (Lipinski definition) is 3. The predicted octanol–water partition coefficient (Wildman–Crippen LogP) is 3.39. The maximum Gasteiger partial charge on any atom is 0.141 e. The summed E-state index contributed by atoms with van der Waals surface area (Å²) >= 11 is 12.3. The summed E-state index contributed by atoms with van der Waals surface area (Å²) in [6.07, 6.45) is 3.28. The van der Waals surface area contributed by atoms with Crippen molar-refractivity contribution in [1.82, 2.24) is 20.5 Å². The first-order valence-corrected chi connectivity index (χ1v) is 6.99. The van der Waals surface area contributed by atoms with Crippen LogP contribution in [-0.4, -0.2) is 21.7 Å². The second-order valence-electron chi connectivity index (χ2n) is 4.29. The number of aromatic amines is 1. The molecule has 2 rings (SSSR count). The molecule has 0 spiro atoms. The van der Waals surface area contributed by atoms with Gasteiger partial charge in [0, 0.05) is 0 Å². The van der Waals surface area contributed by atoms with E-state index in [4.69, 9.17) is 23.2 Å². The van der Waals surface area contributed by atoms with Crippen molar-refractivity contribution in [2.75, 3.05) is 6.54 Å². The topological polar surface area (TPSA) is 53.6 Å². The van der Waals surface area contributed by atoms with Crippen LogP contribution < -0.4 is 5.32 Å². The van der Waals surface area contributed by atoms with Crippen LogP contribution in [0.3, 0.4) is 0 Å². The van der Waals surface area contributed by atoms with E-state index in [1.54, 1.807) is 6.07 Å². The third kappa shape index (κ3) is 3.69. The normalized spacial score (nSPS) is 12.6. The van der Waals surface area contributed by atoms with E-state index < -0.39 is 0 Å². The van der Waals surface area contributed by atoms with E-state index in [0.29, 0.717) is 16.5 Å². The molecule has 19 heavy (non-hydrogen) atoms. The smallest absolute Gasteiger partial charge is 0.141 e. The summed E-state index contributed by atoms with van der Waals surface area (Å²) in [6, 6.07) is 5.72. The molecule has 1 unspecified atom stereocenters. The van der Waals surface area contributed by atoms with E-state index in [-0.39, 0.29) is 6.04 Å². The first kappa shape index (κ1) is 14.3. The van der Waals surface area contributed by atoms with Gasteiger partial charge in [-0.15, -0.1) is 0 Å². The maximum atomic E-state index is 6.23. The van der Waals surface area contributed by atoms with Crippen molar-refractivity contribution in [2.45, 2.75) is 25.8 Å². The van der Waals surface area contributed by atoms with E-state index in [9.17, 15) is 0 Å². The minimum Gasteiger partial charge on any atom is -0.307 e. The van der Waals surface area contributed by atoms with Gasteiger partial charge in [0.25, 0.3) is 0 Å². The summed E-state index contributed by atoms with van der Waals surface area (Å²) in [5.41, 5.74) is 0.999. The van der Waals surface area contributed by atoms with Crippen LogP contribution in [0.4, 0.5) is 0 Å². The molecule has 1 aromatic heterocycles. The van der Waals surface area contributed by atoms with E-state index >= 15 is 0 Å². The molecule has 6 heteroatoms. The minimum absolute atomic E-state index is 0.0541. The molecule has 0 aliphatic heterocycles. The molecule has 0 saturated heterocycles. The Morgan fingerprint density at radius 3 is 2.89 bits per heavy atom. The van der Waals surface area contributed by atoms with Gasteiger partial charge in [-0.25, -0.2) is 4.98 Å². The first-order valence-electron chi connectivity index (χ1n) is 6.24. The zero-order valence-corrected chi connectivity index (χ0v) is 12.2. The average Bonchev–Trinajstić information content (AvgIpc) is 2.93. The Kier molecular flexibility index (Phi) is 5.19. The number of halogens is 2. The van der Waals surface area contributed by atoms with Crippen LogP contribution >= 0.6 is 23.2 Å². The van der Waals surface area contributed by atoms with Crippen molar-refractivity contribution < 1.29 is 0 Å². The molecule has 1 atom stereocenters. The van der Waals surface area contributed by atoms with Gasteiger partial charge < -0.3 is 5.32 Å². The predicted molar refractivity (Wildman–Crippen MR) is 77.6 cm³/mol. The monoisotopic (exact) mass is 298 g/mol. The van der Waals surface area contributed by atoms with E-state index in [0.717, 1.165) is 24.4 Å². The minimum atomic E-state index is 0.0541. The van der Waals surface area contributed by atoms with Gasteiger partial charge in [-0.05, 0) is 31.0 Å². The van der Waals surface area contributed by atoms with Crippen LogP contribution in [0.1, 0.15) is 30.8 Å². The third-order valence-corrected chi connectivity index (χ3v) is 3.72. The quantitative estimate of drug-likeness (QED) is 0.859. The van der Waals surface area contributed by atoms with Crippen molar-refractivity contribution in [1.29, 1.82) is 0 Å². The number of benzene rings is 1. The van der Waals surface area contributed by atoms with Crippen LogP contribution in [0.15, 0.2) is 24.5 Å². The maximum absolute atomic E-state index is 6.23. The third-order valence-electron chi connectivity index (χ3n) is 2.86. The fourth-order valence-electron chi connectivity index (χ4n) is 1.89. The van der Waals surface area contributed by atoms with Gasteiger partial charge in [0.05, 0.1) is 16.1 Å². The van der Waals surface area contributed by atoms with Crippen LogP contribution in [0.2, 0.25) is 10.0 Å². The van der Waals surface area contributed by atoms with Gasteiger partial charge in [0.2, 0.25) is 0 Å². The van der Waals surface area contributed by atoms with Crippen molar-refractivity contribution in [3.8, 4) is 0 Å². The summed E-state index contributed by atoms with van der Waals surface area (Å²) in [5, 5.41) is 11.4. The Morgan fingerprint density at radius 2 is 2.21 bits per heavy atom. The molecule has 0 radical (unpaired) electrons. The molecule has 102 valence electrons. The first-order chi connectivity index (χ1) is 9.22. The number of H-pyrrole nitrogens is 1. The molecule has 0 fully saturated rings. The highest BCUT2D eigenvalue weighted by molar-refractivity contribution is 6.42. The number of nitrogens with zero attached hydrogens (tertiary/aromatic N) is 2. The average molecular weight is 299 g/mol. The van der Waals surface area contributed by atoms with Crippen LogP contribution in [-0.2, 0) is 6.42 Å². The van der Waals surface area contributed by atoms with Gasteiger partial charge in [0.1, 0.15) is 12.2 Å². The zero-order valence-electron chi connectivity index (χ0n) is 10.7. The Bertz CT molecular complexity index is 513. The molecular formula is C13H16Cl2N4. The molecule has 0 amide bonds. The fraction of sp³-hybridized carbons (Fsp3) is 0.385. The molecule has 2 aromatic rings. The van der Waals surface area contributed by atoms with E-state index in [1.807, 2.05) is 12.1 Å². The molecule has 1 heterocycles. The Morgan fingerprint density at radius 1 is 1.37 bits per heavy atom. The van der Waals surface area contributed by atoms with Gasteiger partial charge in [-0.3, -0.25) is 5.10 Å². The number of nitrogens with one attached hydrogen (secondary N) is 2. The number of hydrogen-bond donors (Lipinski definition) is 2. The molecule has 2 N–H and O–H groups in total. The van der Waals surface area contributed by atoms with Gasteiger partial charge in [-0.1, -0.05) is 42.3 Å². The molecular weight excluding hydrogens is 283 g/mol. The lowest BCUT2D eigenvalue weighted by Crippen LogP contribution is -2.25. The van der Waals surface area contributed by atoms with Gasteiger partial charge in [-0.2, -0.15) is 5.10 Å². The van der Waals surface area contributed by atoms with E-state index in [2.05, 4.69) is 27.4 Å². The lowest BCUT2D eigenvalue weighted by Gasteiger charge is -2.17. The fourth-order valence-corrected chi connectivity index (χ4v) is 2.29.